The van der Waals surface area contributed by atoms with Crippen molar-refractivity contribution in [3.05, 3.63) is 59.2 Å². The molecule has 5 aliphatic rings. The monoisotopic (exact) mass is 498 g/mol. The molecule has 4 saturated carbocycles. The summed E-state index contributed by atoms with van der Waals surface area (Å²) in [5.41, 5.74) is 5.20. The lowest BCUT2D eigenvalue weighted by molar-refractivity contribution is -0.0172. The zero-order valence-electron chi connectivity index (χ0n) is 22.5. The van der Waals surface area contributed by atoms with Crippen LogP contribution in [0.5, 0.6) is 5.75 Å². The van der Waals surface area contributed by atoms with Crippen molar-refractivity contribution in [3.8, 4) is 18.1 Å². The van der Waals surface area contributed by atoms with E-state index >= 15 is 0 Å². The minimum absolute atomic E-state index is 0.0869. The highest BCUT2D eigenvalue weighted by Gasteiger charge is 2.51. The number of terminal acetylenes is 1. The Bertz CT molecular complexity index is 1110. The molecule has 4 fully saturated rings. The van der Waals surface area contributed by atoms with E-state index in [0.29, 0.717) is 5.54 Å². The molecular weight excluding hydrogens is 456 g/mol. The number of nitrogens with zero attached hydrogens (tertiary/aromatic N) is 1. The van der Waals surface area contributed by atoms with Gasteiger partial charge in [-0.1, -0.05) is 43.9 Å². The Balaban J connectivity index is 1.32. The average molecular weight is 499 g/mol. The summed E-state index contributed by atoms with van der Waals surface area (Å²) < 4.78 is 5.56. The number of aliphatic hydroxyl groups is 1. The molecule has 2 N–H and O–H groups in total. The lowest BCUT2D eigenvalue weighted by Crippen LogP contribution is -2.54. The lowest BCUT2D eigenvalue weighted by atomic mass is 9.53. The van der Waals surface area contributed by atoms with E-state index in [2.05, 4.69) is 59.5 Å². The fourth-order valence-electron chi connectivity index (χ4n) is 8.67. The summed E-state index contributed by atoms with van der Waals surface area (Å²) in [5, 5.41) is 15.1. The van der Waals surface area contributed by atoms with E-state index in [1.54, 1.807) is 7.11 Å². The second kappa shape index (κ2) is 10.0. The van der Waals surface area contributed by atoms with Gasteiger partial charge in [0.05, 0.1) is 13.2 Å². The van der Waals surface area contributed by atoms with Crippen molar-refractivity contribution < 1.29 is 9.84 Å². The molecule has 4 nitrogen and oxygen atoms in total. The van der Waals surface area contributed by atoms with Gasteiger partial charge in [0.25, 0.3) is 0 Å². The molecule has 4 heteroatoms. The van der Waals surface area contributed by atoms with Crippen LogP contribution in [0.25, 0.3) is 0 Å². The minimum atomic E-state index is -0.924. The Morgan fingerprint density at radius 1 is 1.08 bits per heavy atom. The smallest absolute Gasteiger partial charge is 0.171 e. The minimum Gasteiger partial charge on any atom is -0.497 e. The fourth-order valence-corrected chi connectivity index (χ4v) is 8.67. The highest BCUT2D eigenvalue weighted by molar-refractivity contribution is 5.51. The van der Waals surface area contributed by atoms with Gasteiger partial charge in [-0.25, -0.2) is 0 Å². The van der Waals surface area contributed by atoms with Gasteiger partial charge >= 0.3 is 0 Å². The van der Waals surface area contributed by atoms with Crippen molar-refractivity contribution >= 4 is 5.69 Å². The van der Waals surface area contributed by atoms with E-state index in [4.69, 9.17) is 11.2 Å². The third-order valence-corrected chi connectivity index (χ3v) is 9.82. The largest absolute Gasteiger partial charge is 0.497 e. The van der Waals surface area contributed by atoms with Crippen LogP contribution in [-0.4, -0.2) is 34.9 Å². The molecule has 1 heterocycles. The van der Waals surface area contributed by atoms with Crippen molar-refractivity contribution in [1.82, 2.24) is 4.90 Å². The molecule has 2 aromatic carbocycles. The molecule has 4 bridgehead atoms. The topological polar surface area (TPSA) is 44.7 Å². The average Bonchev–Trinajstić information content (AvgIpc) is 2.89. The van der Waals surface area contributed by atoms with Gasteiger partial charge in [-0.15, -0.1) is 6.42 Å². The number of methoxy groups -OCH3 is 1. The van der Waals surface area contributed by atoms with E-state index in [9.17, 15) is 5.11 Å². The number of hydrogen-bond acceptors (Lipinski definition) is 4. The Kier molecular flexibility index (Phi) is 6.72. The summed E-state index contributed by atoms with van der Waals surface area (Å²) in [6, 6.07) is 15.5. The third kappa shape index (κ3) is 4.66. The molecule has 7 rings (SSSR count). The highest BCUT2D eigenvalue weighted by Crippen LogP contribution is 2.56. The summed E-state index contributed by atoms with van der Waals surface area (Å²) >= 11 is 0. The molecule has 196 valence electrons. The molecule has 1 unspecified atom stereocenters. The lowest BCUT2D eigenvalue weighted by Gasteiger charge is -2.57. The number of aliphatic hydroxyl groups excluding tert-OH is 1. The van der Waals surface area contributed by atoms with Crippen LogP contribution in [0, 0.1) is 30.1 Å². The SMILES string of the molecule is C#CC(O)N1[C@@H](CCCC)Cc2cc(OC)ccc2[C@@H]1c1ccc(NC23CC4CC(CC(C4)C2)C3)cc1. The highest BCUT2D eigenvalue weighted by atomic mass is 16.5. The Labute approximate surface area is 222 Å². The van der Waals surface area contributed by atoms with Gasteiger partial charge in [0.1, 0.15) is 5.75 Å². The van der Waals surface area contributed by atoms with Gasteiger partial charge in [0.15, 0.2) is 6.23 Å². The van der Waals surface area contributed by atoms with E-state index in [1.807, 2.05) is 6.07 Å². The van der Waals surface area contributed by atoms with Gasteiger partial charge in [-0.2, -0.15) is 0 Å². The first kappa shape index (κ1) is 24.8. The van der Waals surface area contributed by atoms with Crippen LogP contribution < -0.4 is 10.1 Å². The van der Waals surface area contributed by atoms with Crippen LogP contribution in [0.2, 0.25) is 0 Å². The first-order valence-corrected chi connectivity index (χ1v) is 14.5. The van der Waals surface area contributed by atoms with Crippen molar-refractivity contribution in [2.75, 3.05) is 12.4 Å². The van der Waals surface area contributed by atoms with Crippen LogP contribution in [0.4, 0.5) is 5.69 Å². The molecule has 0 radical (unpaired) electrons. The molecule has 3 atom stereocenters. The van der Waals surface area contributed by atoms with E-state index in [-0.39, 0.29) is 12.1 Å². The molecule has 0 saturated heterocycles. The first-order chi connectivity index (χ1) is 18.0. The maximum atomic E-state index is 11.1. The number of ether oxygens (including phenoxy) is 1. The molecule has 0 spiro atoms. The fraction of sp³-hybridized carbons (Fsp3) is 0.576. The number of hydrogen-bond donors (Lipinski definition) is 2. The Hall–Kier alpha value is -2.48. The molecule has 37 heavy (non-hydrogen) atoms. The van der Waals surface area contributed by atoms with Gasteiger partial charge in [-0.3, -0.25) is 4.90 Å². The van der Waals surface area contributed by atoms with E-state index in [0.717, 1.165) is 49.2 Å². The number of benzene rings is 2. The van der Waals surface area contributed by atoms with E-state index < -0.39 is 6.23 Å². The van der Waals surface area contributed by atoms with Gasteiger partial charge < -0.3 is 15.2 Å². The van der Waals surface area contributed by atoms with Crippen LogP contribution >= 0.6 is 0 Å². The van der Waals surface area contributed by atoms with Gasteiger partial charge in [-0.05, 0) is 110 Å². The number of rotatable bonds is 8. The van der Waals surface area contributed by atoms with E-state index in [1.165, 1.54) is 60.9 Å². The molecule has 2 aromatic rings. The Morgan fingerprint density at radius 3 is 2.35 bits per heavy atom. The molecule has 0 amide bonds. The van der Waals surface area contributed by atoms with Gasteiger partial charge in [0, 0.05) is 17.3 Å². The predicted molar refractivity (Wildman–Crippen MR) is 150 cm³/mol. The predicted octanol–water partition coefficient (Wildman–Crippen LogP) is 6.53. The summed E-state index contributed by atoms with van der Waals surface area (Å²) in [6.07, 6.45) is 17.4. The summed E-state index contributed by atoms with van der Waals surface area (Å²) in [7, 11) is 1.72. The number of fused-ring (bicyclic) bond motifs is 1. The molecule has 1 aliphatic heterocycles. The summed E-state index contributed by atoms with van der Waals surface area (Å²) in [5.74, 6) is 6.29. The summed E-state index contributed by atoms with van der Waals surface area (Å²) in [4.78, 5) is 2.17. The quantitative estimate of drug-likeness (QED) is 0.406. The van der Waals surface area contributed by atoms with Crippen LogP contribution in [0.15, 0.2) is 42.5 Å². The zero-order valence-corrected chi connectivity index (χ0v) is 22.5. The normalized spacial score (nSPS) is 33.0. The standard InChI is InChI=1S/C33H42N2O2/c1-4-6-7-28-17-26-18-29(37-3)12-13-30(26)32(35(28)31(36)5-2)25-8-10-27(11-9-25)34-33-19-22-14-23(20-33)16-24(15-22)21-33/h2,8-13,18,22-24,28,31-32,34,36H,4,6-7,14-17,19-21H2,1,3H3/t22?,23?,24?,28-,31?,32-,33?/m0/s1. The number of anilines is 1. The third-order valence-electron chi connectivity index (χ3n) is 9.82. The first-order valence-electron chi connectivity index (χ1n) is 14.5. The van der Waals surface area contributed by atoms with Crippen molar-refractivity contribution in [1.29, 1.82) is 0 Å². The van der Waals surface area contributed by atoms with Crippen molar-refractivity contribution in [2.24, 2.45) is 17.8 Å². The van der Waals surface area contributed by atoms with Crippen molar-refractivity contribution in [2.45, 2.75) is 95.0 Å². The van der Waals surface area contributed by atoms with Gasteiger partial charge in [0.2, 0.25) is 0 Å². The van der Waals surface area contributed by atoms with Crippen LogP contribution in [0.1, 0.15) is 87.4 Å². The molecular formula is C33H42N2O2. The molecule has 0 aromatic heterocycles. The Morgan fingerprint density at radius 2 is 1.76 bits per heavy atom. The molecule has 4 aliphatic carbocycles. The number of unbranched alkanes of at least 4 members (excludes halogenated alkanes) is 1. The van der Waals surface area contributed by atoms with Crippen LogP contribution in [-0.2, 0) is 6.42 Å². The summed E-state index contributed by atoms with van der Waals surface area (Å²) in [6.45, 7) is 2.22. The maximum Gasteiger partial charge on any atom is 0.171 e. The second-order valence-electron chi connectivity index (χ2n) is 12.4. The van der Waals surface area contributed by atoms with Crippen LogP contribution in [0.3, 0.4) is 0 Å². The number of nitrogens with one attached hydrogen (secondary N) is 1. The van der Waals surface area contributed by atoms with Crippen molar-refractivity contribution in [3.63, 3.8) is 0 Å². The maximum absolute atomic E-state index is 11.1. The second-order valence-corrected chi connectivity index (χ2v) is 12.4. The zero-order chi connectivity index (χ0) is 25.6.